The number of hydrogen-bond acceptors (Lipinski definition) is 3. The number of phenolic OH excluding ortho intramolecular Hbond substituents is 1. The molecule has 1 heterocycles. The molecule has 122 valence electrons. The van der Waals surface area contributed by atoms with Crippen LogP contribution in [0.15, 0.2) is 18.2 Å². The summed E-state index contributed by atoms with van der Waals surface area (Å²) < 4.78 is 37.5. The molecular formula is C15H19F3N2O2. The van der Waals surface area contributed by atoms with Crippen LogP contribution in [0, 0.1) is 5.92 Å². The van der Waals surface area contributed by atoms with Crippen molar-refractivity contribution in [2.75, 3.05) is 19.6 Å². The summed E-state index contributed by atoms with van der Waals surface area (Å²) in [5, 5.41) is 15.6. The molecule has 1 aromatic rings. The first-order valence-electron chi connectivity index (χ1n) is 7.25. The maximum absolute atomic E-state index is 12.5. The summed E-state index contributed by atoms with van der Waals surface area (Å²) in [5.74, 6) is -0.517. The number of hydrogen-bond donors (Lipinski definition) is 3. The van der Waals surface area contributed by atoms with Crippen LogP contribution in [0.3, 0.4) is 0 Å². The van der Waals surface area contributed by atoms with Crippen LogP contribution in [-0.2, 0) is 17.4 Å². The van der Waals surface area contributed by atoms with Gasteiger partial charge in [0.1, 0.15) is 5.75 Å². The van der Waals surface area contributed by atoms with E-state index in [9.17, 15) is 23.1 Å². The zero-order valence-corrected chi connectivity index (χ0v) is 12.0. The van der Waals surface area contributed by atoms with Gasteiger partial charge in [-0.3, -0.25) is 4.79 Å². The third-order valence-corrected chi connectivity index (χ3v) is 3.77. The second-order valence-corrected chi connectivity index (χ2v) is 5.43. The number of aromatic hydroxyl groups is 1. The molecule has 0 aromatic heterocycles. The number of rotatable bonds is 4. The van der Waals surface area contributed by atoms with Gasteiger partial charge in [0.15, 0.2) is 0 Å². The van der Waals surface area contributed by atoms with Crippen LogP contribution < -0.4 is 10.6 Å². The second kappa shape index (κ2) is 7.00. The van der Waals surface area contributed by atoms with E-state index in [1.165, 1.54) is 6.07 Å². The van der Waals surface area contributed by atoms with Gasteiger partial charge in [0.2, 0.25) is 5.91 Å². The Hall–Kier alpha value is -1.76. The number of carbonyl (C=O) groups is 1. The molecule has 3 N–H and O–H groups in total. The topological polar surface area (TPSA) is 61.4 Å². The monoisotopic (exact) mass is 316 g/mol. The van der Waals surface area contributed by atoms with Crippen LogP contribution in [0.2, 0.25) is 0 Å². The molecule has 22 heavy (non-hydrogen) atoms. The van der Waals surface area contributed by atoms with Crippen LogP contribution in [0.25, 0.3) is 0 Å². The van der Waals surface area contributed by atoms with Crippen molar-refractivity contribution in [3.05, 3.63) is 29.3 Å². The minimum absolute atomic E-state index is 0.0569. The standard InChI is InChI=1S/C15H19F3N2O2/c16-15(17,18)12-4-3-10(13(21)8-12)5-7-20-14(22)11-2-1-6-19-9-11/h3-4,8,11,19,21H,1-2,5-7,9H2,(H,20,22). The maximum atomic E-state index is 12.5. The Kier molecular flexibility index (Phi) is 5.28. The Morgan fingerprint density at radius 3 is 2.77 bits per heavy atom. The third kappa shape index (κ3) is 4.37. The number of benzene rings is 1. The number of piperidine rings is 1. The van der Waals surface area contributed by atoms with Gasteiger partial charge in [-0.2, -0.15) is 13.2 Å². The zero-order valence-electron chi connectivity index (χ0n) is 12.0. The Morgan fingerprint density at radius 1 is 1.41 bits per heavy atom. The summed E-state index contributed by atoms with van der Waals surface area (Å²) in [6, 6.07) is 2.89. The van der Waals surface area contributed by atoms with Gasteiger partial charge in [-0.1, -0.05) is 6.07 Å². The molecule has 7 heteroatoms. The van der Waals surface area contributed by atoms with Gasteiger partial charge in [-0.15, -0.1) is 0 Å². The molecule has 2 rings (SSSR count). The molecule has 0 spiro atoms. The van der Waals surface area contributed by atoms with Crippen molar-refractivity contribution in [3.8, 4) is 5.75 Å². The minimum Gasteiger partial charge on any atom is -0.508 e. The van der Waals surface area contributed by atoms with Crippen molar-refractivity contribution in [3.63, 3.8) is 0 Å². The largest absolute Gasteiger partial charge is 0.508 e. The molecule has 0 aliphatic carbocycles. The van der Waals surface area contributed by atoms with E-state index in [2.05, 4.69) is 10.6 Å². The van der Waals surface area contributed by atoms with E-state index in [0.717, 1.165) is 25.5 Å². The predicted molar refractivity (Wildman–Crippen MR) is 75.4 cm³/mol. The second-order valence-electron chi connectivity index (χ2n) is 5.43. The highest BCUT2D eigenvalue weighted by Crippen LogP contribution is 2.32. The van der Waals surface area contributed by atoms with Gasteiger partial charge in [0.25, 0.3) is 0 Å². The number of halogens is 3. The van der Waals surface area contributed by atoms with E-state index in [4.69, 9.17) is 0 Å². The van der Waals surface area contributed by atoms with Gasteiger partial charge in [-0.05, 0) is 43.5 Å². The van der Waals surface area contributed by atoms with Gasteiger partial charge < -0.3 is 15.7 Å². The van der Waals surface area contributed by atoms with Gasteiger partial charge in [-0.25, -0.2) is 0 Å². The number of alkyl halides is 3. The Bertz CT molecular complexity index is 526. The highest BCUT2D eigenvalue weighted by Gasteiger charge is 2.31. The van der Waals surface area contributed by atoms with Crippen molar-refractivity contribution in [1.29, 1.82) is 0 Å². The first-order chi connectivity index (χ1) is 10.4. The van der Waals surface area contributed by atoms with Gasteiger partial charge in [0, 0.05) is 13.1 Å². The lowest BCUT2D eigenvalue weighted by Crippen LogP contribution is -2.41. The number of phenols is 1. The molecule has 0 saturated carbocycles. The molecule has 1 aromatic carbocycles. The first-order valence-corrected chi connectivity index (χ1v) is 7.25. The van der Waals surface area contributed by atoms with Gasteiger partial charge in [0.05, 0.1) is 11.5 Å². The SMILES string of the molecule is O=C(NCCc1ccc(C(F)(F)F)cc1O)C1CCCNC1. The molecule has 1 unspecified atom stereocenters. The Balaban J connectivity index is 1.85. The minimum atomic E-state index is -4.47. The molecular weight excluding hydrogens is 297 g/mol. The molecule has 1 fully saturated rings. The van der Waals surface area contributed by atoms with E-state index in [-0.39, 0.29) is 24.8 Å². The van der Waals surface area contributed by atoms with Crippen molar-refractivity contribution >= 4 is 5.91 Å². The van der Waals surface area contributed by atoms with E-state index in [1.54, 1.807) is 0 Å². The lowest BCUT2D eigenvalue weighted by atomic mass is 9.99. The summed E-state index contributed by atoms with van der Waals surface area (Å²) in [6.45, 7) is 1.86. The number of nitrogens with one attached hydrogen (secondary N) is 2. The zero-order chi connectivity index (χ0) is 16.2. The van der Waals surface area contributed by atoms with E-state index >= 15 is 0 Å². The fourth-order valence-corrected chi connectivity index (χ4v) is 2.49. The molecule has 1 aliphatic heterocycles. The van der Waals surface area contributed by atoms with Crippen molar-refractivity contribution in [2.45, 2.75) is 25.4 Å². The van der Waals surface area contributed by atoms with Crippen LogP contribution in [0.5, 0.6) is 5.75 Å². The molecule has 0 bridgehead atoms. The highest BCUT2D eigenvalue weighted by atomic mass is 19.4. The maximum Gasteiger partial charge on any atom is 0.416 e. The predicted octanol–water partition coefficient (Wildman–Crippen LogP) is 2.07. The quantitative estimate of drug-likeness (QED) is 0.797. The lowest BCUT2D eigenvalue weighted by Gasteiger charge is -2.21. The summed E-state index contributed by atoms with van der Waals surface area (Å²) in [5.41, 5.74) is -0.499. The molecule has 1 saturated heterocycles. The van der Waals surface area contributed by atoms with E-state index in [1.807, 2.05) is 0 Å². The molecule has 0 radical (unpaired) electrons. The van der Waals surface area contributed by atoms with Gasteiger partial charge >= 0.3 is 6.18 Å². The smallest absolute Gasteiger partial charge is 0.416 e. The Morgan fingerprint density at radius 2 is 2.18 bits per heavy atom. The first kappa shape index (κ1) is 16.6. The average molecular weight is 316 g/mol. The fourth-order valence-electron chi connectivity index (χ4n) is 2.49. The number of carbonyl (C=O) groups excluding carboxylic acids is 1. The van der Waals surface area contributed by atoms with Crippen molar-refractivity contribution < 1.29 is 23.1 Å². The van der Waals surface area contributed by atoms with Crippen LogP contribution >= 0.6 is 0 Å². The van der Waals surface area contributed by atoms with Crippen molar-refractivity contribution in [1.82, 2.24) is 10.6 Å². The van der Waals surface area contributed by atoms with Crippen LogP contribution in [0.4, 0.5) is 13.2 Å². The normalized spacial score (nSPS) is 19.0. The molecule has 1 aliphatic rings. The summed E-state index contributed by atoms with van der Waals surface area (Å²) in [7, 11) is 0. The highest BCUT2D eigenvalue weighted by molar-refractivity contribution is 5.78. The fraction of sp³-hybridized carbons (Fsp3) is 0.533. The molecule has 1 amide bonds. The van der Waals surface area contributed by atoms with E-state index < -0.39 is 17.5 Å². The van der Waals surface area contributed by atoms with Crippen LogP contribution in [-0.4, -0.2) is 30.6 Å². The third-order valence-electron chi connectivity index (χ3n) is 3.77. The molecule has 1 atom stereocenters. The number of amides is 1. The lowest BCUT2D eigenvalue weighted by molar-refractivity contribution is -0.137. The van der Waals surface area contributed by atoms with E-state index in [0.29, 0.717) is 18.2 Å². The summed E-state index contributed by atoms with van der Waals surface area (Å²) in [6.07, 6.45) is -2.39. The van der Waals surface area contributed by atoms with Crippen molar-refractivity contribution in [2.24, 2.45) is 5.92 Å². The average Bonchev–Trinajstić information content (AvgIpc) is 2.48. The molecule has 4 nitrogen and oxygen atoms in total. The summed E-state index contributed by atoms with van der Waals surface area (Å²) in [4.78, 5) is 11.9. The van der Waals surface area contributed by atoms with Crippen LogP contribution in [0.1, 0.15) is 24.0 Å². The summed E-state index contributed by atoms with van der Waals surface area (Å²) >= 11 is 0. The Labute approximate surface area is 126 Å².